The largest absolute Gasteiger partial charge is 0.482 e. The van der Waals surface area contributed by atoms with Gasteiger partial charge in [0.1, 0.15) is 5.75 Å². The summed E-state index contributed by atoms with van der Waals surface area (Å²) in [5, 5.41) is 6.60. The SMILES string of the molecule is Cc1ccc(-c2cc(C(=O)Nc3cc4c(cc3Cl)NC(=O)CO4)c3ccccc3n2)cc1. The number of hydrogen-bond acceptors (Lipinski definition) is 4. The lowest BCUT2D eigenvalue weighted by atomic mass is 10.0. The van der Waals surface area contributed by atoms with E-state index in [-0.39, 0.29) is 18.4 Å². The fourth-order valence-corrected chi connectivity index (χ4v) is 3.83. The Kier molecular flexibility index (Phi) is 4.99. The first-order valence-corrected chi connectivity index (χ1v) is 10.4. The molecule has 5 rings (SSSR count). The molecule has 0 unspecified atom stereocenters. The maximum atomic E-state index is 13.3. The molecule has 0 spiro atoms. The predicted molar refractivity (Wildman–Crippen MR) is 125 cm³/mol. The zero-order valence-corrected chi connectivity index (χ0v) is 17.9. The number of benzene rings is 3. The highest BCUT2D eigenvalue weighted by molar-refractivity contribution is 6.34. The number of halogens is 1. The monoisotopic (exact) mass is 443 g/mol. The molecule has 6 nitrogen and oxygen atoms in total. The first kappa shape index (κ1) is 20.0. The number of carbonyl (C=O) groups is 2. The van der Waals surface area contributed by atoms with Gasteiger partial charge in [0, 0.05) is 17.0 Å². The lowest BCUT2D eigenvalue weighted by Crippen LogP contribution is -2.25. The fourth-order valence-electron chi connectivity index (χ4n) is 3.62. The van der Waals surface area contributed by atoms with Crippen molar-refractivity contribution in [2.24, 2.45) is 0 Å². The quantitative estimate of drug-likeness (QED) is 0.441. The number of amides is 2. The van der Waals surface area contributed by atoms with Crippen LogP contribution in [0.4, 0.5) is 11.4 Å². The first-order chi connectivity index (χ1) is 15.5. The number of aryl methyl sites for hydroxylation is 1. The minimum Gasteiger partial charge on any atom is -0.482 e. The molecular weight excluding hydrogens is 426 g/mol. The second-order valence-electron chi connectivity index (χ2n) is 7.56. The third-order valence-electron chi connectivity index (χ3n) is 5.26. The molecule has 32 heavy (non-hydrogen) atoms. The van der Waals surface area contributed by atoms with E-state index < -0.39 is 0 Å². The molecule has 2 amide bonds. The van der Waals surface area contributed by atoms with E-state index in [1.54, 1.807) is 18.2 Å². The molecular formula is C25H18ClN3O3. The standard InChI is InChI=1S/C25H18ClN3O3/c1-14-6-8-15(9-7-14)20-10-17(16-4-2-3-5-19(16)27-20)25(31)29-21-12-23-22(11-18(21)26)28-24(30)13-32-23/h2-12H,13H2,1H3,(H,28,30)(H,29,31). The predicted octanol–water partition coefficient (Wildman–Crippen LogP) is 5.45. The highest BCUT2D eigenvalue weighted by Crippen LogP contribution is 2.37. The number of pyridine rings is 1. The van der Waals surface area contributed by atoms with E-state index in [4.69, 9.17) is 21.3 Å². The third-order valence-corrected chi connectivity index (χ3v) is 5.57. The molecule has 7 heteroatoms. The molecule has 158 valence electrons. The number of rotatable bonds is 3. The third kappa shape index (κ3) is 3.76. The van der Waals surface area contributed by atoms with Gasteiger partial charge in [-0.05, 0) is 25.1 Å². The number of hydrogen-bond donors (Lipinski definition) is 2. The lowest BCUT2D eigenvalue weighted by Gasteiger charge is -2.20. The summed E-state index contributed by atoms with van der Waals surface area (Å²) in [4.78, 5) is 29.6. The fraction of sp³-hybridized carbons (Fsp3) is 0.0800. The van der Waals surface area contributed by atoms with E-state index >= 15 is 0 Å². The van der Waals surface area contributed by atoms with Gasteiger partial charge in [0.2, 0.25) is 0 Å². The summed E-state index contributed by atoms with van der Waals surface area (Å²) in [6.07, 6.45) is 0. The van der Waals surface area contributed by atoms with Crippen LogP contribution in [-0.4, -0.2) is 23.4 Å². The molecule has 1 aromatic heterocycles. The number of fused-ring (bicyclic) bond motifs is 2. The van der Waals surface area contributed by atoms with E-state index in [1.165, 1.54) is 0 Å². The molecule has 1 aliphatic rings. The molecule has 0 aliphatic carbocycles. The second-order valence-corrected chi connectivity index (χ2v) is 7.96. The molecule has 0 radical (unpaired) electrons. The zero-order valence-electron chi connectivity index (χ0n) is 17.1. The van der Waals surface area contributed by atoms with Crippen molar-refractivity contribution in [3.8, 4) is 17.0 Å². The number of para-hydroxylation sites is 1. The molecule has 0 saturated carbocycles. The van der Waals surface area contributed by atoms with E-state index in [1.807, 2.05) is 55.5 Å². The number of anilines is 2. The Morgan fingerprint density at radius 1 is 1.09 bits per heavy atom. The molecule has 1 aliphatic heterocycles. The Hall–Kier alpha value is -3.90. The van der Waals surface area contributed by atoms with Crippen LogP contribution in [0.2, 0.25) is 5.02 Å². The van der Waals surface area contributed by atoms with Crippen LogP contribution in [0.15, 0.2) is 66.7 Å². The molecule has 4 aromatic rings. The van der Waals surface area contributed by atoms with Crippen molar-refractivity contribution < 1.29 is 14.3 Å². The van der Waals surface area contributed by atoms with Crippen LogP contribution >= 0.6 is 11.6 Å². The van der Waals surface area contributed by atoms with Gasteiger partial charge in [-0.2, -0.15) is 0 Å². The van der Waals surface area contributed by atoms with Gasteiger partial charge in [0.05, 0.1) is 33.2 Å². The van der Waals surface area contributed by atoms with E-state index in [2.05, 4.69) is 10.6 Å². The summed E-state index contributed by atoms with van der Waals surface area (Å²) >= 11 is 6.37. The van der Waals surface area contributed by atoms with Crippen molar-refractivity contribution in [2.45, 2.75) is 6.92 Å². The maximum Gasteiger partial charge on any atom is 0.262 e. The van der Waals surface area contributed by atoms with Crippen LogP contribution in [0.5, 0.6) is 5.75 Å². The minimum atomic E-state index is -0.321. The van der Waals surface area contributed by atoms with Crippen molar-refractivity contribution in [1.29, 1.82) is 0 Å². The van der Waals surface area contributed by atoms with Crippen LogP contribution in [0, 0.1) is 6.92 Å². The van der Waals surface area contributed by atoms with Crippen molar-refractivity contribution in [1.82, 2.24) is 4.98 Å². The summed E-state index contributed by atoms with van der Waals surface area (Å²) in [5.74, 6) is -0.125. The topological polar surface area (TPSA) is 80.3 Å². The van der Waals surface area contributed by atoms with Gasteiger partial charge in [0.15, 0.2) is 6.61 Å². The van der Waals surface area contributed by atoms with Crippen LogP contribution in [-0.2, 0) is 4.79 Å². The molecule has 0 fully saturated rings. The van der Waals surface area contributed by atoms with Crippen LogP contribution in [0.25, 0.3) is 22.2 Å². The lowest BCUT2D eigenvalue weighted by molar-refractivity contribution is -0.118. The highest BCUT2D eigenvalue weighted by Gasteiger charge is 2.20. The van der Waals surface area contributed by atoms with Gasteiger partial charge >= 0.3 is 0 Å². The Bertz CT molecular complexity index is 1380. The van der Waals surface area contributed by atoms with Gasteiger partial charge < -0.3 is 15.4 Å². The first-order valence-electron chi connectivity index (χ1n) is 10.0. The normalized spacial score (nSPS) is 12.6. The number of carbonyl (C=O) groups excluding carboxylic acids is 2. The molecule has 2 heterocycles. The van der Waals surface area contributed by atoms with Crippen LogP contribution < -0.4 is 15.4 Å². The van der Waals surface area contributed by atoms with Crippen LogP contribution in [0.1, 0.15) is 15.9 Å². The number of nitrogens with zero attached hydrogens (tertiary/aromatic N) is 1. The number of ether oxygens (including phenoxy) is 1. The number of nitrogens with one attached hydrogen (secondary N) is 2. The van der Waals surface area contributed by atoms with E-state index in [0.29, 0.717) is 33.4 Å². The summed E-state index contributed by atoms with van der Waals surface area (Å²) in [7, 11) is 0. The molecule has 0 atom stereocenters. The van der Waals surface area contributed by atoms with Gasteiger partial charge in [-0.15, -0.1) is 0 Å². The molecule has 3 aromatic carbocycles. The maximum absolute atomic E-state index is 13.3. The van der Waals surface area contributed by atoms with Crippen molar-refractivity contribution in [2.75, 3.05) is 17.2 Å². The molecule has 0 saturated heterocycles. The Morgan fingerprint density at radius 2 is 1.88 bits per heavy atom. The minimum absolute atomic E-state index is 0.0864. The smallest absolute Gasteiger partial charge is 0.262 e. The summed E-state index contributed by atoms with van der Waals surface area (Å²) in [6, 6.07) is 20.5. The van der Waals surface area contributed by atoms with E-state index in [9.17, 15) is 9.59 Å². The van der Waals surface area contributed by atoms with E-state index in [0.717, 1.165) is 22.0 Å². The summed E-state index contributed by atoms with van der Waals surface area (Å²) < 4.78 is 5.44. The number of aromatic nitrogens is 1. The second kappa shape index (κ2) is 7.98. The highest BCUT2D eigenvalue weighted by atomic mass is 35.5. The summed E-state index contributed by atoms with van der Waals surface area (Å²) in [6.45, 7) is 1.94. The van der Waals surface area contributed by atoms with Crippen LogP contribution in [0.3, 0.4) is 0 Å². The average Bonchev–Trinajstić information content (AvgIpc) is 2.79. The molecule has 2 N–H and O–H groups in total. The van der Waals surface area contributed by atoms with Crippen molar-refractivity contribution in [3.05, 3.63) is 82.9 Å². The average molecular weight is 444 g/mol. The Balaban J connectivity index is 1.55. The van der Waals surface area contributed by atoms with Gasteiger partial charge in [-0.1, -0.05) is 59.6 Å². The molecule has 0 bridgehead atoms. The van der Waals surface area contributed by atoms with Gasteiger partial charge in [-0.3, -0.25) is 9.59 Å². The Labute approximate surface area is 189 Å². The Morgan fingerprint density at radius 3 is 2.69 bits per heavy atom. The summed E-state index contributed by atoms with van der Waals surface area (Å²) in [5.41, 5.74) is 4.84. The van der Waals surface area contributed by atoms with Gasteiger partial charge in [0.25, 0.3) is 11.8 Å². The van der Waals surface area contributed by atoms with Crippen molar-refractivity contribution in [3.63, 3.8) is 0 Å². The van der Waals surface area contributed by atoms with Crippen molar-refractivity contribution >= 4 is 45.7 Å². The zero-order chi connectivity index (χ0) is 22.2. The van der Waals surface area contributed by atoms with Gasteiger partial charge in [-0.25, -0.2) is 4.98 Å².